The maximum Gasteiger partial charge on any atom is 0.378 e. The van der Waals surface area contributed by atoms with E-state index in [-0.39, 0.29) is 48.7 Å². The van der Waals surface area contributed by atoms with E-state index < -0.39 is 16.8 Å². The summed E-state index contributed by atoms with van der Waals surface area (Å²) in [5, 5.41) is 20.9. The van der Waals surface area contributed by atoms with Crippen molar-refractivity contribution in [2.75, 3.05) is 0 Å². The van der Waals surface area contributed by atoms with Gasteiger partial charge in [-0.05, 0) is 39.7 Å². The van der Waals surface area contributed by atoms with E-state index in [4.69, 9.17) is 5.39 Å². The summed E-state index contributed by atoms with van der Waals surface area (Å²) in [7, 11) is 0. The molecule has 1 atom stereocenters. The third-order valence-electron chi connectivity index (χ3n) is 2.23. The topological polar surface area (TPSA) is 91.3 Å². The molecule has 2 rings (SSSR count). The molecule has 0 saturated carbocycles. The van der Waals surface area contributed by atoms with Gasteiger partial charge in [0, 0.05) is 43.7 Å². The first-order chi connectivity index (χ1) is 7.65. The molecule has 0 aromatic heterocycles. The zero-order chi connectivity index (χ0) is 11.7. The average Bonchev–Trinajstić information content (AvgIpc) is 2.29. The van der Waals surface area contributed by atoms with E-state index in [1.807, 2.05) is 0 Å². The number of diazo groups is 1. The fraction of sp³-hybridized carbons (Fsp3) is 0. The zero-order valence-corrected chi connectivity index (χ0v) is 12.1. The molecule has 0 amide bonds. The van der Waals surface area contributed by atoms with Crippen LogP contribution in [-0.2, 0) is 43.8 Å². The minimum absolute atomic E-state index is 0. The molecule has 2 aromatic carbocycles. The number of fused-ring (bicyclic) bond motifs is 1. The standard InChI is InChI=1S/C10H6N2O3S.Y/c11-12-7-5-4-6-2-1-3-8(16(14)15)9(6)10(7)13;/h1-5H,(H-,13,14,15);/p-1. The molecular formula is C10H5N2O3SY-. The normalized spacial score (nSPS) is 11.5. The molecule has 0 fully saturated rings. The minimum Gasteiger partial charge on any atom is -0.867 e. The van der Waals surface area contributed by atoms with Crippen molar-refractivity contribution in [3.8, 4) is 5.75 Å². The monoisotopic (exact) mass is 322 g/mol. The molecular weight excluding hydrogens is 317 g/mol. The molecule has 0 N–H and O–H groups in total. The van der Waals surface area contributed by atoms with Gasteiger partial charge in [0.05, 0.1) is 0 Å². The van der Waals surface area contributed by atoms with Crippen molar-refractivity contribution in [2.45, 2.75) is 4.90 Å². The van der Waals surface area contributed by atoms with Crippen molar-refractivity contribution >= 4 is 27.5 Å². The van der Waals surface area contributed by atoms with Crippen LogP contribution in [0.5, 0.6) is 5.75 Å². The molecule has 5 nitrogen and oxygen atoms in total. The van der Waals surface area contributed by atoms with Gasteiger partial charge in [0.1, 0.15) is 0 Å². The van der Waals surface area contributed by atoms with Gasteiger partial charge in [0.25, 0.3) is 0 Å². The number of rotatable bonds is 1. The molecule has 1 unspecified atom stereocenters. The maximum atomic E-state index is 11.8. The Morgan fingerprint density at radius 1 is 1.24 bits per heavy atom. The summed E-state index contributed by atoms with van der Waals surface area (Å²) < 4.78 is 21.9. The molecule has 0 spiro atoms. The van der Waals surface area contributed by atoms with Crippen molar-refractivity contribution < 1.29 is 46.6 Å². The Morgan fingerprint density at radius 2 is 1.94 bits per heavy atom. The molecule has 0 saturated heterocycles. The molecule has 17 heavy (non-hydrogen) atoms. The van der Waals surface area contributed by atoms with E-state index in [0.717, 1.165) is 0 Å². The number of hydrogen-bond acceptors (Lipinski definition) is 4. The zero-order valence-electron chi connectivity index (χ0n) is 8.49. The van der Waals surface area contributed by atoms with E-state index in [1.54, 1.807) is 12.1 Å². The maximum absolute atomic E-state index is 11.8. The van der Waals surface area contributed by atoms with E-state index in [2.05, 4.69) is 4.98 Å². The summed E-state index contributed by atoms with van der Waals surface area (Å²) in [6.45, 7) is 0. The Labute approximate surface area is 125 Å². The predicted octanol–water partition coefficient (Wildman–Crippen LogP) is 1.63. The molecule has 0 bridgehead atoms. The largest absolute Gasteiger partial charge is 0.867 e. The van der Waals surface area contributed by atoms with Crippen LogP contribution in [0.25, 0.3) is 15.7 Å². The molecule has 1 radical (unpaired) electrons. The van der Waals surface area contributed by atoms with Gasteiger partial charge in [0.2, 0.25) is 5.39 Å². The molecule has 7 heteroatoms. The smallest absolute Gasteiger partial charge is 0.378 e. The van der Waals surface area contributed by atoms with Crippen LogP contribution in [0.4, 0.5) is 5.69 Å². The van der Waals surface area contributed by atoms with Gasteiger partial charge >= 0.3 is 5.69 Å². The van der Waals surface area contributed by atoms with Crippen LogP contribution in [0, 0.1) is 5.39 Å². The van der Waals surface area contributed by atoms with Crippen molar-refractivity contribution in [3.05, 3.63) is 35.3 Å². The minimum atomic E-state index is -2.50. The summed E-state index contributed by atoms with van der Waals surface area (Å²) in [5.74, 6) is -0.597. The molecule has 83 valence electrons. The molecule has 2 aromatic rings. The number of benzene rings is 2. The van der Waals surface area contributed by atoms with Gasteiger partial charge < -0.3 is 9.66 Å². The summed E-state index contributed by atoms with van der Waals surface area (Å²) in [4.78, 5) is 2.72. The summed E-state index contributed by atoms with van der Waals surface area (Å²) >= 11 is -2.50. The average molecular weight is 322 g/mol. The molecule has 0 aliphatic rings. The van der Waals surface area contributed by atoms with Crippen LogP contribution >= 0.6 is 0 Å². The van der Waals surface area contributed by atoms with Gasteiger partial charge in [-0.3, -0.25) is 4.21 Å². The van der Waals surface area contributed by atoms with Crippen LogP contribution in [0.3, 0.4) is 0 Å². The van der Waals surface area contributed by atoms with Crippen LogP contribution in [-0.4, -0.2) is 8.76 Å². The second-order valence-electron chi connectivity index (χ2n) is 3.10. The molecule has 0 aliphatic carbocycles. The van der Waals surface area contributed by atoms with E-state index in [9.17, 15) is 13.9 Å². The van der Waals surface area contributed by atoms with Gasteiger partial charge in [0.15, 0.2) is 4.98 Å². The van der Waals surface area contributed by atoms with Gasteiger partial charge in [-0.1, -0.05) is 12.1 Å². The third-order valence-corrected chi connectivity index (χ3v) is 2.93. The van der Waals surface area contributed by atoms with Crippen LogP contribution in [0.1, 0.15) is 0 Å². The van der Waals surface area contributed by atoms with Gasteiger partial charge in [-0.25, -0.2) is 0 Å². The first-order valence-corrected chi connectivity index (χ1v) is 5.39. The predicted molar refractivity (Wildman–Crippen MR) is 55.3 cm³/mol. The van der Waals surface area contributed by atoms with Gasteiger partial charge in [-0.2, -0.15) is 0 Å². The van der Waals surface area contributed by atoms with Crippen molar-refractivity contribution in [1.29, 1.82) is 5.39 Å². The Balaban J connectivity index is 0.00000144. The molecule has 0 heterocycles. The van der Waals surface area contributed by atoms with E-state index >= 15 is 0 Å². The Hall–Kier alpha value is -0.866. The van der Waals surface area contributed by atoms with Crippen LogP contribution < -0.4 is 5.11 Å². The first kappa shape index (κ1) is 14.2. The fourth-order valence-electron chi connectivity index (χ4n) is 1.52. The van der Waals surface area contributed by atoms with E-state index in [0.29, 0.717) is 5.39 Å². The van der Waals surface area contributed by atoms with Gasteiger partial charge in [-0.15, -0.1) is 0 Å². The van der Waals surface area contributed by atoms with Crippen LogP contribution in [0.2, 0.25) is 0 Å². The fourth-order valence-corrected chi connectivity index (χ4v) is 2.09. The van der Waals surface area contributed by atoms with Crippen molar-refractivity contribution in [1.82, 2.24) is 0 Å². The van der Waals surface area contributed by atoms with E-state index in [1.165, 1.54) is 18.2 Å². The van der Waals surface area contributed by atoms with Crippen molar-refractivity contribution in [2.24, 2.45) is 0 Å². The third kappa shape index (κ3) is 2.53. The summed E-state index contributed by atoms with van der Waals surface area (Å²) in [6, 6.07) is 7.36. The second-order valence-corrected chi connectivity index (χ2v) is 4.01. The second kappa shape index (κ2) is 5.65. The van der Waals surface area contributed by atoms with Crippen molar-refractivity contribution in [3.63, 3.8) is 0 Å². The summed E-state index contributed by atoms with van der Waals surface area (Å²) in [5.41, 5.74) is -0.176. The number of hydrogen-bond donors (Lipinski definition) is 0. The Kier molecular flexibility index (Phi) is 4.72. The molecule has 0 aliphatic heterocycles. The van der Waals surface area contributed by atoms with Crippen LogP contribution in [0.15, 0.2) is 35.2 Å². The first-order valence-electron chi connectivity index (χ1n) is 4.32. The SMILES string of the molecule is N#[N+]c1ccc2cccc(S(=O)[O-])c2c1[O-].[Y]. The number of nitrogens with zero attached hydrogens (tertiary/aromatic N) is 2. The summed E-state index contributed by atoms with van der Waals surface area (Å²) in [6.07, 6.45) is 0. The quantitative estimate of drug-likeness (QED) is 0.589. The Morgan fingerprint density at radius 3 is 2.53 bits per heavy atom. The Bertz CT molecular complexity index is 639.